The number of benzene rings is 1. The second-order valence-electron chi connectivity index (χ2n) is 5.03. The van der Waals surface area contributed by atoms with Crippen molar-refractivity contribution >= 4 is 63.5 Å². The Labute approximate surface area is 163 Å². The number of nitrogens with one attached hydrogen (secondary N) is 1. The van der Waals surface area contributed by atoms with E-state index in [1.54, 1.807) is 36.4 Å². The summed E-state index contributed by atoms with van der Waals surface area (Å²) in [5.41, 5.74) is 0.492. The number of furan rings is 1. The average Bonchev–Trinajstić information content (AvgIpc) is 2.98. The van der Waals surface area contributed by atoms with Crippen LogP contribution in [0.15, 0.2) is 46.4 Å². The lowest BCUT2D eigenvalue weighted by atomic mass is 10.1. The van der Waals surface area contributed by atoms with Crippen LogP contribution in [0.3, 0.4) is 0 Å². The fourth-order valence-corrected chi connectivity index (χ4v) is 3.01. The zero-order valence-corrected chi connectivity index (χ0v) is 16.1. The summed E-state index contributed by atoms with van der Waals surface area (Å²) in [6.45, 7) is 2.44. The molecule has 2 heterocycles. The minimum Gasteiger partial charge on any atom is -0.494 e. The van der Waals surface area contributed by atoms with Gasteiger partial charge in [-0.15, -0.1) is 0 Å². The maximum atomic E-state index is 12.8. The molecule has 1 aliphatic heterocycles. The number of hydrogen-bond donors (Lipinski definition) is 1. The molecule has 128 valence electrons. The lowest BCUT2D eigenvalue weighted by molar-refractivity contribution is -0.122. The smallest absolute Gasteiger partial charge is 0.270 e. The Balaban J connectivity index is 1.93. The van der Waals surface area contributed by atoms with Gasteiger partial charge in [-0.25, -0.2) is 0 Å². The molecule has 0 bridgehead atoms. The second-order valence-corrected chi connectivity index (χ2v) is 6.48. The normalized spacial score (nSPS) is 16.3. The highest BCUT2D eigenvalue weighted by atomic mass is 127. The largest absolute Gasteiger partial charge is 0.494 e. The number of carbonyl (C=O) groups excluding carboxylic acids is 2. The number of carbonyl (C=O) groups is 2. The fraction of sp³-hybridized carbons (Fsp3) is 0.118. The van der Waals surface area contributed by atoms with Crippen molar-refractivity contribution in [3.05, 3.63) is 51.5 Å². The van der Waals surface area contributed by atoms with Crippen LogP contribution in [0.2, 0.25) is 0 Å². The first-order chi connectivity index (χ1) is 12.0. The summed E-state index contributed by atoms with van der Waals surface area (Å²) in [5, 5.41) is 2.56. The molecule has 6 nitrogen and oxygen atoms in total. The first kappa shape index (κ1) is 17.6. The van der Waals surface area contributed by atoms with Crippen LogP contribution in [0.4, 0.5) is 5.69 Å². The summed E-state index contributed by atoms with van der Waals surface area (Å²) in [5.74, 6) is 0.0434. The van der Waals surface area contributed by atoms with Gasteiger partial charge in [0.15, 0.2) is 8.88 Å². The van der Waals surface area contributed by atoms with Crippen LogP contribution in [-0.4, -0.2) is 23.5 Å². The Kier molecular flexibility index (Phi) is 5.19. The van der Waals surface area contributed by atoms with Crippen LogP contribution in [0.5, 0.6) is 5.75 Å². The van der Waals surface area contributed by atoms with Crippen LogP contribution in [0.25, 0.3) is 6.08 Å². The number of amides is 2. The lowest BCUT2D eigenvalue weighted by Gasteiger charge is -2.28. The van der Waals surface area contributed by atoms with E-state index in [-0.39, 0.29) is 10.7 Å². The molecule has 1 saturated heterocycles. The minimum atomic E-state index is -0.552. The Morgan fingerprint density at radius 1 is 1.24 bits per heavy atom. The summed E-state index contributed by atoms with van der Waals surface area (Å²) >= 11 is 7.17. The van der Waals surface area contributed by atoms with E-state index >= 15 is 0 Å². The van der Waals surface area contributed by atoms with Gasteiger partial charge in [-0.05, 0) is 84.2 Å². The second kappa shape index (κ2) is 7.36. The van der Waals surface area contributed by atoms with Gasteiger partial charge in [-0.3, -0.25) is 19.8 Å². The monoisotopic (exact) mass is 468 g/mol. The van der Waals surface area contributed by atoms with Gasteiger partial charge in [-0.1, -0.05) is 0 Å². The summed E-state index contributed by atoms with van der Waals surface area (Å²) in [6, 6.07) is 10.3. The van der Waals surface area contributed by atoms with E-state index in [0.717, 1.165) is 0 Å². The molecular formula is C17H13IN2O4S. The number of nitrogens with zero attached hydrogens (tertiary/aromatic N) is 1. The molecule has 0 atom stereocenters. The maximum Gasteiger partial charge on any atom is 0.270 e. The highest BCUT2D eigenvalue weighted by Gasteiger charge is 2.34. The predicted molar refractivity (Wildman–Crippen MR) is 105 cm³/mol. The lowest BCUT2D eigenvalue weighted by Crippen LogP contribution is -2.54. The van der Waals surface area contributed by atoms with Gasteiger partial charge in [0, 0.05) is 0 Å². The Hall–Kier alpha value is -2.20. The number of halogens is 1. The molecule has 8 heteroatoms. The molecule has 1 fully saturated rings. The molecule has 0 aliphatic carbocycles. The number of rotatable bonds is 4. The SMILES string of the molecule is CCOc1ccc(N2C(=O)/C(=C\c3ccc(I)o3)C(=O)NC2=S)cc1. The summed E-state index contributed by atoms with van der Waals surface area (Å²) in [7, 11) is 0. The summed E-state index contributed by atoms with van der Waals surface area (Å²) in [4.78, 5) is 26.2. The zero-order valence-electron chi connectivity index (χ0n) is 13.1. The third-order valence-corrected chi connectivity index (χ3v) is 4.25. The number of anilines is 1. The molecule has 25 heavy (non-hydrogen) atoms. The van der Waals surface area contributed by atoms with Gasteiger partial charge in [0.05, 0.1) is 12.3 Å². The number of ether oxygens (including phenoxy) is 1. The van der Waals surface area contributed by atoms with Crippen LogP contribution in [-0.2, 0) is 9.59 Å². The predicted octanol–water partition coefficient (Wildman–Crippen LogP) is 3.11. The van der Waals surface area contributed by atoms with Crippen molar-refractivity contribution in [3.63, 3.8) is 0 Å². The molecule has 1 aromatic heterocycles. The Morgan fingerprint density at radius 2 is 1.96 bits per heavy atom. The van der Waals surface area contributed by atoms with E-state index in [2.05, 4.69) is 5.32 Å². The fourth-order valence-electron chi connectivity index (χ4n) is 2.30. The van der Waals surface area contributed by atoms with Gasteiger partial charge < -0.3 is 9.15 Å². The first-order valence-corrected chi connectivity index (χ1v) is 8.88. The Morgan fingerprint density at radius 3 is 2.56 bits per heavy atom. The van der Waals surface area contributed by atoms with Crippen LogP contribution in [0, 0.1) is 3.77 Å². The molecule has 1 aromatic carbocycles. The molecule has 0 unspecified atom stereocenters. The van der Waals surface area contributed by atoms with Crippen molar-refractivity contribution < 1.29 is 18.7 Å². The van der Waals surface area contributed by atoms with Gasteiger partial charge in [0.1, 0.15) is 17.1 Å². The third-order valence-electron chi connectivity index (χ3n) is 3.39. The number of thiocarbonyl (C=S) groups is 1. The molecule has 3 rings (SSSR count). The standard InChI is InChI=1S/C17H13IN2O4S/c1-2-23-11-5-3-10(4-6-11)20-16(22)13(15(21)19-17(20)25)9-12-7-8-14(18)24-12/h3-9H,2H2,1H3,(H,19,21,25)/b13-9-. The van der Waals surface area contributed by atoms with E-state index in [1.807, 2.05) is 29.5 Å². The van der Waals surface area contributed by atoms with Crippen molar-refractivity contribution in [1.82, 2.24) is 5.32 Å². The molecule has 1 aliphatic rings. The molecule has 0 saturated carbocycles. The molecule has 0 spiro atoms. The summed E-state index contributed by atoms with van der Waals surface area (Å²) < 4.78 is 11.5. The van der Waals surface area contributed by atoms with Gasteiger partial charge in [-0.2, -0.15) is 0 Å². The topological polar surface area (TPSA) is 71.8 Å². The van der Waals surface area contributed by atoms with E-state index in [0.29, 0.717) is 27.6 Å². The molecule has 2 aromatic rings. The third kappa shape index (κ3) is 3.74. The van der Waals surface area contributed by atoms with E-state index in [9.17, 15) is 9.59 Å². The Bertz CT molecular complexity index is 873. The summed E-state index contributed by atoms with van der Waals surface area (Å²) in [6.07, 6.45) is 1.41. The minimum absolute atomic E-state index is 0.0327. The van der Waals surface area contributed by atoms with Gasteiger partial charge in [0.2, 0.25) is 0 Å². The van der Waals surface area contributed by atoms with Crippen molar-refractivity contribution in [2.45, 2.75) is 6.92 Å². The van der Waals surface area contributed by atoms with E-state index in [4.69, 9.17) is 21.4 Å². The maximum absolute atomic E-state index is 12.8. The highest BCUT2D eigenvalue weighted by Crippen LogP contribution is 2.25. The van der Waals surface area contributed by atoms with Crippen molar-refractivity contribution in [1.29, 1.82) is 0 Å². The zero-order chi connectivity index (χ0) is 18.0. The van der Waals surface area contributed by atoms with Crippen molar-refractivity contribution in [2.24, 2.45) is 0 Å². The highest BCUT2D eigenvalue weighted by molar-refractivity contribution is 14.1. The van der Waals surface area contributed by atoms with Crippen molar-refractivity contribution in [3.8, 4) is 5.75 Å². The van der Waals surface area contributed by atoms with E-state index < -0.39 is 11.8 Å². The quantitative estimate of drug-likeness (QED) is 0.323. The molecule has 1 N–H and O–H groups in total. The van der Waals surface area contributed by atoms with Gasteiger partial charge in [0.25, 0.3) is 11.8 Å². The van der Waals surface area contributed by atoms with Crippen LogP contribution in [0.1, 0.15) is 12.7 Å². The van der Waals surface area contributed by atoms with E-state index in [1.165, 1.54) is 11.0 Å². The van der Waals surface area contributed by atoms with Gasteiger partial charge >= 0.3 is 0 Å². The number of hydrogen-bond acceptors (Lipinski definition) is 5. The van der Waals surface area contributed by atoms with Crippen molar-refractivity contribution in [2.75, 3.05) is 11.5 Å². The molecule has 0 radical (unpaired) electrons. The van der Waals surface area contributed by atoms with Crippen LogP contribution >= 0.6 is 34.8 Å². The van der Waals surface area contributed by atoms with Crippen LogP contribution < -0.4 is 15.0 Å². The first-order valence-electron chi connectivity index (χ1n) is 7.39. The molecule has 2 amide bonds. The molecular weight excluding hydrogens is 455 g/mol. The average molecular weight is 468 g/mol.